The zero-order valence-corrected chi connectivity index (χ0v) is 25.9. The van der Waals surface area contributed by atoms with Crippen LogP contribution in [0.25, 0.3) is 0 Å². The molecule has 1 heterocycles. The van der Waals surface area contributed by atoms with Gasteiger partial charge in [-0.25, -0.2) is 4.79 Å². The summed E-state index contributed by atoms with van der Waals surface area (Å²) in [4.78, 5) is 40.6. The van der Waals surface area contributed by atoms with Gasteiger partial charge in [-0.3, -0.25) is 9.59 Å². The Hall–Kier alpha value is -3.30. The summed E-state index contributed by atoms with van der Waals surface area (Å²) in [5.41, 5.74) is 2.31. The van der Waals surface area contributed by atoms with Crippen LogP contribution in [0.15, 0.2) is 59.5 Å². The molecule has 0 aliphatic heterocycles. The van der Waals surface area contributed by atoms with E-state index >= 15 is 0 Å². The van der Waals surface area contributed by atoms with Crippen LogP contribution < -0.4 is 15.4 Å². The van der Waals surface area contributed by atoms with Crippen LogP contribution in [0.3, 0.4) is 0 Å². The summed E-state index contributed by atoms with van der Waals surface area (Å²) >= 11 is 2.88. The number of carbonyl (C=O) groups excluding carboxylic acids is 3. The maximum absolute atomic E-state index is 13.3. The summed E-state index contributed by atoms with van der Waals surface area (Å²) in [6.45, 7) is 10.5. The van der Waals surface area contributed by atoms with Gasteiger partial charge in [0, 0.05) is 15.5 Å². The molecule has 2 amide bonds. The van der Waals surface area contributed by atoms with E-state index in [-0.39, 0.29) is 36.4 Å². The number of para-hydroxylation sites is 1. The highest BCUT2D eigenvalue weighted by molar-refractivity contribution is 8.00. The average Bonchev–Trinajstić information content (AvgIpc) is 3.29. The van der Waals surface area contributed by atoms with Gasteiger partial charge in [-0.1, -0.05) is 45.0 Å². The number of thioether (sulfide) groups is 1. The largest absolute Gasteiger partial charge is 0.484 e. The molecule has 0 saturated heterocycles. The molecule has 4 rings (SSSR count). The van der Waals surface area contributed by atoms with Crippen molar-refractivity contribution < 1.29 is 23.9 Å². The summed E-state index contributed by atoms with van der Waals surface area (Å²) in [6, 6.07) is 16.5. The van der Waals surface area contributed by atoms with Gasteiger partial charge < -0.3 is 20.1 Å². The second-order valence-electron chi connectivity index (χ2n) is 11.2. The number of esters is 1. The fraction of sp³-hybridized carbons (Fsp3) is 0.406. The summed E-state index contributed by atoms with van der Waals surface area (Å²) in [5.74, 6) is 0.285. The van der Waals surface area contributed by atoms with Crippen LogP contribution in [-0.4, -0.2) is 36.2 Å². The van der Waals surface area contributed by atoms with Crippen LogP contribution in [0.5, 0.6) is 5.75 Å². The van der Waals surface area contributed by atoms with Gasteiger partial charge in [-0.2, -0.15) is 0 Å². The number of anilines is 2. The normalized spacial score (nSPS) is 15.4. The standard InChI is InChI=1S/C32H38N2O5S2/c1-6-38-31(37)28-25-16-15-21(32(3,4)5)17-26(25)41-30(28)34-29(36)20(2)40-24-14-10-11-22(18-24)33-27(35)19-39-23-12-8-7-9-13-23/h7-14,18,20-21H,6,15-17,19H2,1-5H3,(H,33,35)(H,34,36). The Bertz CT molecular complexity index is 1380. The average molecular weight is 595 g/mol. The number of carbonyl (C=O) groups is 3. The third-order valence-corrected chi connectivity index (χ3v) is 9.38. The molecule has 218 valence electrons. The van der Waals surface area contributed by atoms with Crippen molar-refractivity contribution in [3.63, 3.8) is 0 Å². The van der Waals surface area contributed by atoms with Gasteiger partial charge in [-0.05, 0) is 80.3 Å². The molecule has 0 saturated carbocycles. The maximum atomic E-state index is 13.3. The van der Waals surface area contributed by atoms with Crippen molar-refractivity contribution in [2.75, 3.05) is 23.8 Å². The third-order valence-electron chi connectivity index (χ3n) is 7.12. The molecule has 1 aliphatic carbocycles. The van der Waals surface area contributed by atoms with Crippen LogP contribution in [-0.2, 0) is 27.2 Å². The van der Waals surface area contributed by atoms with Crippen LogP contribution in [0.4, 0.5) is 10.7 Å². The highest BCUT2D eigenvalue weighted by Crippen LogP contribution is 2.44. The first-order chi connectivity index (χ1) is 19.5. The number of nitrogens with one attached hydrogen (secondary N) is 2. The van der Waals surface area contributed by atoms with Crippen molar-refractivity contribution in [2.45, 2.75) is 64.0 Å². The summed E-state index contributed by atoms with van der Waals surface area (Å²) in [6.07, 6.45) is 2.70. The second kappa shape index (κ2) is 13.6. The van der Waals surface area contributed by atoms with E-state index in [9.17, 15) is 14.4 Å². The lowest BCUT2D eigenvalue weighted by Gasteiger charge is -2.33. The number of thiophene rings is 1. The molecule has 9 heteroatoms. The quantitative estimate of drug-likeness (QED) is 0.190. The molecule has 0 bridgehead atoms. The molecule has 1 aliphatic rings. The Labute approximate surface area is 250 Å². The lowest BCUT2D eigenvalue weighted by Crippen LogP contribution is -2.27. The minimum absolute atomic E-state index is 0.107. The summed E-state index contributed by atoms with van der Waals surface area (Å²) in [7, 11) is 0. The molecule has 2 N–H and O–H groups in total. The highest BCUT2D eigenvalue weighted by Gasteiger charge is 2.34. The Morgan fingerprint density at radius 3 is 2.54 bits per heavy atom. The van der Waals surface area contributed by atoms with Gasteiger partial charge in [0.05, 0.1) is 17.4 Å². The van der Waals surface area contributed by atoms with Crippen LogP contribution in [0.2, 0.25) is 0 Å². The van der Waals surface area contributed by atoms with E-state index in [1.807, 2.05) is 43.3 Å². The number of ether oxygens (including phenoxy) is 2. The zero-order chi connectivity index (χ0) is 29.6. The van der Waals surface area contributed by atoms with Crippen LogP contribution >= 0.6 is 23.1 Å². The van der Waals surface area contributed by atoms with E-state index < -0.39 is 5.25 Å². The van der Waals surface area contributed by atoms with Gasteiger partial charge in [0.2, 0.25) is 5.91 Å². The molecule has 7 nitrogen and oxygen atoms in total. The van der Waals surface area contributed by atoms with Gasteiger partial charge in [0.25, 0.3) is 5.91 Å². The van der Waals surface area contributed by atoms with Gasteiger partial charge in [-0.15, -0.1) is 23.1 Å². The van der Waals surface area contributed by atoms with Crippen LogP contribution in [0.1, 0.15) is 61.8 Å². The number of amides is 2. The first kappa shape index (κ1) is 30.7. The number of rotatable bonds is 10. The maximum Gasteiger partial charge on any atom is 0.341 e. The molecular formula is C32H38N2O5S2. The lowest BCUT2D eigenvalue weighted by molar-refractivity contribution is -0.118. The van der Waals surface area contributed by atoms with Crippen molar-refractivity contribution in [3.05, 3.63) is 70.6 Å². The van der Waals surface area contributed by atoms with Crippen molar-refractivity contribution in [1.29, 1.82) is 0 Å². The fourth-order valence-corrected chi connectivity index (χ4v) is 7.06. The molecule has 2 atom stereocenters. The molecule has 0 spiro atoms. The van der Waals surface area contributed by atoms with Crippen molar-refractivity contribution in [1.82, 2.24) is 0 Å². The topological polar surface area (TPSA) is 93.7 Å². The van der Waals surface area contributed by atoms with Gasteiger partial charge in [0.1, 0.15) is 10.8 Å². The van der Waals surface area contributed by atoms with Gasteiger partial charge >= 0.3 is 5.97 Å². The molecule has 0 radical (unpaired) electrons. The van der Waals surface area contributed by atoms with E-state index in [2.05, 4.69) is 31.4 Å². The Kier molecular flexibility index (Phi) is 10.1. The molecular weight excluding hydrogens is 556 g/mol. The summed E-state index contributed by atoms with van der Waals surface area (Å²) in [5, 5.41) is 6.00. The predicted molar refractivity (Wildman–Crippen MR) is 166 cm³/mol. The molecule has 0 fully saturated rings. The van der Waals surface area contributed by atoms with E-state index in [4.69, 9.17) is 9.47 Å². The van der Waals surface area contributed by atoms with Crippen molar-refractivity contribution >= 4 is 51.6 Å². The monoisotopic (exact) mass is 594 g/mol. The Balaban J connectivity index is 1.41. The number of hydrogen-bond donors (Lipinski definition) is 2. The number of fused-ring (bicyclic) bond motifs is 1. The lowest BCUT2D eigenvalue weighted by atomic mass is 9.72. The van der Waals surface area contributed by atoms with Crippen molar-refractivity contribution in [2.24, 2.45) is 11.3 Å². The number of benzene rings is 2. The smallest absolute Gasteiger partial charge is 0.341 e. The van der Waals surface area contributed by atoms with E-state index in [0.29, 0.717) is 27.9 Å². The van der Waals surface area contributed by atoms with Crippen LogP contribution in [0, 0.1) is 11.3 Å². The zero-order valence-electron chi connectivity index (χ0n) is 24.2. The molecule has 2 unspecified atom stereocenters. The van der Waals surface area contributed by atoms with E-state index in [1.54, 1.807) is 25.1 Å². The summed E-state index contributed by atoms with van der Waals surface area (Å²) < 4.78 is 10.9. The van der Waals surface area contributed by atoms with Gasteiger partial charge in [0.15, 0.2) is 6.61 Å². The minimum Gasteiger partial charge on any atom is -0.484 e. The predicted octanol–water partition coefficient (Wildman–Crippen LogP) is 7.21. The Morgan fingerprint density at radius 1 is 1.07 bits per heavy atom. The molecule has 3 aromatic rings. The van der Waals surface area contributed by atoms with E-state index in [0.717, 1.165) is 34.6 Å². The first-order valence-electron chi connectivity index (χ1n) is 13.9. The van der Waals surface area contributed by atoms with E-state index in [1.165, 1.54) is 23.1 Å². The molecule has 41 heavy (non-hydrogen) atoms. The minimum atomic E-state index is -0.445. The molecule has 2 aromatic carbocycles. The Morgan fingerprint density at radius 2 is 1.83 bits per heavy atom. The first-order valence-corrected chi connectivity index (χ1v) is 15.6. The fourth-order valence-electron chi connectivity index (χ4n) is 4.81. The SMILES string of the molecule is CCOC(=O)c1c(NC(=O)C(C)Sc2cccc(NC(=O)COc3ccccc3)c2)sc2c1CCC(C(C)(C)C)C2. The second-order valence-corrected chi connectivity index (χ2v) is 13.7. The highest BCUT2D eigenvalue weighted by atomic mass is 32.2. The number of hydrogen-bond acceptors (Lipinski definition) is 7. The molecule has 1 aromatic heterocycles. The third kappa shape index (κ3) is 8.14. The van der Waals surface area contributed by atoms with Crippen molar-refractivity contribution in [3.8, 4) is 5.75 Å².